The van der Waals surface area contributed by atoms with Crippen molar-refractivity contribution in [2.24, 2.45) is 0 Å². The predicted octanol–water partition coefficient (Wildman–Crippen LogP) is 1.04. The molecule has 0 saturated carbocycles. The zero-order valence-electron chi connectivity index (χ0n) is 9.64. The van der Waals surface area contributed by atoms with Gasteiger partial charge in [0.15, 0.2) is 0 Å². The van der Waals surface area contributed by atoms with Crippen LogP contribution >= 0.6 is 10.0 Å². The fourth-order valence-corrected chi connectivity index (χ4v) is 1.70. The Balaban J connectivity index is 2.26. The van der Waals surface area contributed by atoms with Crippen LogP contribution in [-0.4, -0.2) is 45.8 Å². The summed E-state index contributed by atoms with van der Waals surface area (Å²) in [7, 11) is -0.480. The molecule has 0 radical (unpaired) electrons. The van der Waals surface area contributed by atoms with Crippen molar-refractivity contribution < 1.29 is 9.84 Å². The molecule has 0 aliphatic carbocycles. The van der Waals surface area contributed by atoms with E-state index in [1.165, 1.54) is 0 Å². The first-order valence-corrected chi connectivity index (χ1v) is 7.90. The third kappa shape index (κ3) is 4.68. The van der Waals surface area contributed by atoms with E-state index in [4.69, 9.17) is 9.84 Å². The summed E-state index contributed by atoms with van der Waals surface area (Å²) in [4.78, 5) is 4.00. The van der Waals surface area contributed by atoms with E-state index in [0.717, 1.165) is 12.4 Å². The zero-order chi connectivity index (χ0) is 11.3. The minimum absolute atomic E-state index is 0.0408. The van der Waals surface area contributed by atoms with Crippen molar-refractivity contribution in [2.75, 3.05) is 31.1 Å². The average molecular weight is 232 g/mol. The summed E-state index contributed by atoms with van der Waals surface area (Å²) in [5.74, 6) is 1.76. The molecule has 88 valence electrons. The number of ether oxygens (including phenoxy) is 1. The van der Waals surface area contributed by atoms with Crippen LogP contribution in [0.5, 0.6) is 0 Å². The molecule has 0 fully saturated rings. The molecule has 0 unspecified atom stereocenters. The molecule has 0 saturated heterocycles. The molecule has 1 rings (SSSR count). The standard InChI is InChI=1S/C10H20N2O2S/c1-15(2,3)7-6-14-9-12-5-4-11-10(12)8-13/h4-5,13H,6-9H2,1-3H3. The second kappa shape index (κ2) is 5.53. The molecule has 15 heavy (non-hydrogen) atoms. The predicted molar refractivity (Wildman–Crippen MR) is 64.3 cm³/mol. The van der Waals surface area contributed by atoms with Gasteiger partial charge in [-0.2, -0.15) is 0 Å². The van der Waals surface area contributed by atoms with E-state index >= 15 is 0 Å². The third-order valence-corrected chi connectivity index (χ3v) is 3.40. The molecule has 1 aromatic rings. The molecule has 5 heteroatoms. The van der Waals surface area contributed by atoms with Gasteiger partial charge >= 0.3 is 0 Å². The summed E-state index contributed by atoms with van der Waals surface area (Å²) in [5.41, 5.74) is 0. The van der Waals surface area contributed by atoms with E-state index in [0.29, 0.717) is 12.6 Å². The Morgan fingerprint density at radius 3 is 2.80 bits per heavy atom. The number of imidazole rings is 1. The first kappa shape index (κ1) is 12.5. The highest BCUT2D eigenvalue weighted by Crippen LogP contribution is 2.33. The van der Waals surface area contributed by atoms with E-state index in [1.54, 1.807) is 6.20 Å². The van der Waals surface area contributed by atoms with E-state index < -0.39 is 10.0 Å². The van der Waals surface area contributed by atoms with Crippen LogP contribution in [0.1, 0.15) is 5.82 Å². The van der Waals surface area contributed by atoms with Gasteiger partial charge in [-0.25, -0.2) is 15.0 Å². The van der Waals surface area contributed by atoms with Crippen molar-refractivity contribution in [1.29, 1.82) is 0 Å². The molecule has 1 heterocycles. The maximum absolute atomic E-state index is 8.96. The average Bonchev–Trinajstić information content (AvgIpc) is 2.58. The molecule has 0 bridgehead atoms. The van der Waals surface area contributed by atoms with Gasteiger partial charge in [-0.3, -0.25) is 0 Å². The Morgan fingerprint density at radius 2 is 2.20 bits per heavy atom. The number of aliphatic hydroxyl groups excluding tert-OH is 1. The van der Waals surface area contributed by atoms with Crippen molar-refractivity contribution in [1.82, 2.24) is 9.55 Å². The second-order valence-corrected chi connectivity index (χ2v) is 8.89. The topological polar surface area (TPSA) is 47.3 Å². The molecule has 0 aliphatic heterocycles. The number of aliphatic hydroxyl groups is 1. The van der Waals surface area contributed by atoms with E-state index in [2.05, 4.69) is 23.8 Å². The fourth-order valence-electron chi connectivity index (χ4n) is 1.08. The molecule has 0 spiro atoms. The molecule has 0 amide bonds. The van der Waals surface area contributed by atoms with Crippen molar-refractivity contribution in [3.8, 4) is 0 Å². The molecule has 1 N–H and O–H groups in total. The summed E-state index contributed by atoms with van der Waals surface area (Å²) in [5, 5.41) is 8.96. The molecule has 0 aliphatic rings. The lowest BCUT2D eigenvalue weighted by Gasteiger charge is -2.24. The summed E-state index contributed by atoms with van der Waals surface area (Å²) in [6.45, 7) is 1.20. The summed E-state index contributed by atoms with van der Waals surface area (Å²) >= 11 is 0. The Bertz CT molecular complexity index is 294. The van der Waals surface area contributed by atoms with Crippen LogP contribution in [0.15, 0.2) is 12.4 Å². The van der Waals surface area contributed by atoms with Gasteiger partial charge in [-0.15, -0.1) is 0 Å². The van der Waals surface area contributed by atoms with Gasteiger partial charge < -0.3 is 14.4 Å². The summed E-state index contributed by atoms with van der Waals surface area (Å²) in [6, 6.07) is 0. The van der Waals surface area contributed by atoms with Gasteiger partial charge in [0.05, 0.1) is 6.61 Å². The first-order chi connectivity index (χ1) is 7.03. The van der Waals surface area contributed by atoms with E-state index in [9.17, 15) is 0 Å². The van der Waals surface area contributed by atoms with Gasteiger partial charge in [-0.05, 0) is 18.8 Å². The van der Waals surface area contributed by atoms with Crippen molar-refractivity contribution in [2.45, 2.75) is 13.3 Å². The Morgan fingerprint density at radius 1 is 1.47 bits per heavy atom. The van der Waals surface area contributed by atoms with Crippen molar-refractivity contribution in [3.63, 3.8) is 0 Å². The maximum Gasteiger partial charge on any atom is 0.136 e. The quantitative estimate of drug-likeness (QED) is 0.746. The van der Waals surface area contributed by atoms with Gasteiger partial charge in [-0.1, -0.05) is 0 Å². The van der Waals surface area contributed by atoms with Gasteiger partial charge in [0, 0.05) is 18.1 Å². The van der Waals surface area contributed by atoms with E-state index in [-0.39, 0.29) is 6.61 Å². The lowest BCUT2D eigenvalue weighted by molar-refractivity contribution is 0.0840. The first-order valence-electron chi connectivity index (χ1n) is 4.87. The minimum atomic E-state index is -0.480. The smallest absolute Gasteiger partial charge is 0.136 e. The molecule has 0 atom stereocenters. The molecule has 1 aromatic heterocycles. The summed E-state index contributed by atoms with van der Waals surface area (Å²) < 4.78 is 7.35. The Labute approximate surface area is 92.6 Å². The highest BCUT2D eigenvalue weighted by atomic mass is 32.3. The van der Waals surface area contributed by atoms with Crippen LogP contribution < -0.4 is 0 Å². The lowest BCUT2D eigenvalue weighted by Crippen LogP contribution is -2.11. The zero-order valence-corrected chi connectivity index (χ0v) is 10.5. The minimum Gasteiger partial charge on any atom is -0.388 e. The number of rotatable bonds is 6. The highest BCUT2D eigenvalue weighted by Gasteiger charge is 2.04. The normalized spacial score (nSPS) is 13.1. The third-order valence-electron chi connectivity index (χ3n) is 2.01. The number of hydrogen-bond donors (Lipinski definition) is 1. The van der Waals surface area contributed by atoms with Gasteiger partial charge in [0.25, 0.3) is 0 Å². The van der Waals surface area contributed by atoms with Crippen LogP contribution in [0.25, 0.3) is 0 Å². The van der Waals surface area contributed by atoms with Gasteiger partial charge in [0.2, 0.25) is 0 Å². The highest BCUT2D eigenvalue weighted by molar-refractivity contribution is 8.32. The maximum atomic E-state index is 8.96. The second-order valence-electron chi connectivity index (χ2n) is 4.30. The monoisotopic (exact) mass is 232 g/mol. The SMILES string of the molecule is CS(C)(C)CCOCn1ccnc1CO. The Kier molecular flexibility index (Phi) is 4.63. The molecule has 0 aromatic carbocycles. The number of hydrogen-bond acceptors (Lipinski definition) is 3. The van der Waals surface area contributed by atoms with Crippen molar-refractivity contribution >= 4 is 10.0 Å². The Hall–Kier alpha value is -0.520. The fraction of sp³-hybridized carbons (Fsp3) is 0.700. The lowest BCUT2D eigenvalue weighted by atomic mass is 10.6. The summed E-state index contributed by atoms with van der Waals surface area (Å²) in [6.07, 6.45) is 10.3. The number of aromatic nitrogens is 2. The van der Waals surface area contributed by atoms with Crippen molar-refractivity contribution in [3.05, 3.63) is 18.2 Å². The number of nitrogens with zero attached hydrogens (tertiary/aromatic N) is 2. The largest absolute Gasteiger partial charge is 0.388 e. The molecule has 4 nitrogen and oxygen atoms in total. The van der Waals surface area contributed by atoms with Crippen LogP contribution in [0.2, 0.25) is 0 Å². The van der Waals surface area contributed by atoms with Crippen LogP contribution in [0.3, 0.4) is 0 Å². The van der Waals surface area contributed by atoms with Gasteiger partial charge in [0.1, 0.15) is 19.2 Å². The van der Waals surface area contributed by atoms with Crippen LogP contribution in [-0.2, 0) is 18.1 Å². The van der Waals surface area contributed by atoms with E-state index in [1.807, 2.05) is 10.8 Å². The molecular formula is C10H20N2O2S. The van der Waals surface area contributed by atoms with Crippen LogP contribution in [0.4, 0.5) is 0 Å². The van der Waals surface area contributed by atoms with Crippen LogP contribution in [0, 0.1) is 0 Å². The molecular weight excluding hydrogens is 212 g/mol.